The van der Waals surface area contributed by atoms with E-state index in [4.69, 9.17) is 21.7 Å². The van der Waals surface area contributed by atoms with E-state index in [-0.39, 0.29) is 17.3 Å². The Morgan fingerprint density at radius 3 is 2.65 bits per heavy atom. The molecule has 1 aromatic carbocycles. The van der Waals surface area contributed by atoms with Crippen LogP contribution in [0, 0.1) is 0 Å². The molecule has 1 fully saturated rings. The highest BCUT2D eigenvalue weighted by Gasteiger charge is 2.30. The number of hydrogen-bond acceptors (Lipinski definition) is 7. The first kappa shape index (κ1) is 19.4. The predicted molar refractivity (Wildman–Crippen MR) is 96.6 cm³/mol. The number of rotatable bonds is 6. The van der Waals surface area contributed by atoms with Gasteiger partial charge in [0.25, 0.3) is 11.8 Å². The maximum absolute atomic E-state index is 12.2. The molecule has 1 aromatic rings. The highest BCUT2D eigenvalue weighted by atomic mass is 32.1. The molecule has 2 rings (SSSR count). The third kappa shape index (κ3) is 4.37. The van der Waals surface area contributed by atoms with Gasteiger partial charge in [0.2, 0.25) is 0 Å². The largest absolute Gasteiger partial charge is 0.490 e. The fourth-order valence-corrected chi connectivity index (χ4v) is 2.29. The van der Waals surface area contributed by atoms with E-state index in [9.17, 15) is 14.4 Å². The van der Waals surface area contributed by atoms with E-state index in [1.165, 1.54) is 25.1 Å². The normalized spacial score (nSPS) is 15.7. The van der Waals surface area contributed by atoms with Crippen LogP contribution in [0.3, 0.4) is 0 Å². The van der Waals surface area contributed by atoms with Crippen molar-refractivity contribution >= 4 is 41.2 Å². The van der Waals surface area contributed by atoms with E-state index >= 15 is 0 Å². The summed E-state index contributed by atoms with van der Waals surface area (Å²) in [6.07, 6.45) is 1.43. The van der Waals surface area contributed by atoms with Crippen molar-refractivity contribution in [3.05, 3.63) is 29.3 Å². The molecular formula is C17H18N2O6S. The lowest BCUT2D eigenvalue weighted by Crippen LogP contribution is -2.52. The average Bonchev–Trinajstić information content (AvgIpc) is 2.62. The van der Waals surface area contributed by atoms with Gasteiger partial charge in [-0.25, -0.2) is 4.79 Å². The SMILES string of the molecule is CCOc1cc(/C=C2\C(=O)NC(=S)N(C)C2=O)ccc1OCC(=O)OC. The molecule has 1 saturated heterocycles. The molecule has 0 spiro atoms. The molecule has 0 radical (unpaired) electrons. The second-order valence-corrected chi connectivity index (χ2v) is 5.57. The van der Waals surface area contributed by atoms with Gasteiger partial charge in [-0.05, 0) is 42.9 Å². The van der Waals surface area contributed by atoms with Crippen molar-refractivity contribution in [2.75, 3.05) is 27.4 Å². The van der Waals surface area contributed by atoms with E-state index < -0.39 is 17.8 Å². The summed E-state index contributed by atoms with van der Waals surface area (Å²) in [6.45, 7) is 1.90. The van der Waals surface area contributed by atoms with Crippen molar-refractivity contribution in [3.63, 3.8) is 0 Å². The maximum atomic E-state index is 12.2. The summed E-state index contributed by atoms with van der Waals surface area (Å²) < 4.78 is 15.4. The lowest BCUT2D eigenvalue weighted by molar-refractivity contribution is -0.143. The number of ether oxygens (including phenoxy) is 3. The Labute approximate surface area is 155 Å². The van der Waals surface area contributed by atoms with Gasteiger partial charge in [-0.2, -0.15) is 0 Å². The van der Waals surface area contributed by atoms with Gasteiger partial charge < -0.3 is 14.2 Å². The first-order valence-corrected chi connectivity index (χ1v) is 8.09. The first-order chi connectivity index (χ1) is 12.4. The van der Waals surface area contributed by atoms with Gasteiger partial charge in [-0.15, -0.1) is 0 Å². The van der Waals surface area contributed by atoms with Crippen LogP contribution in [0.1, 0.15) is 12.5 Å². The van der Waals surface area contributed by atoms with Gasteiger partial charge in [0.05, 0.1) is 13.7 Å². The quantitative estimate of drug-likeness (QED) is 0.340. The number of benzene rings is 1. The fraction of sp³-hybridized carbons (Fsp3) is 0.294. The summed E-state index contributed by atoms with van der Waals surface area (Å²) in [6, 6.07) is 4.83. The fourth-order valence-electron chi connectivity index (χ4n) is 2.11. The number of hydrogen-bond donors (Lipinski definition) is 1. The molecule has 0 atom stereocenters. The topological polar surface area (TPSA) is 94.2 Å². The number of carbonyl (C=O) groups excluding carboxylic acids is 3. The number of thiocarbonyl (C=S) groups is 1. The summed E-state index contributed by atoms with van der Waals surface area (Å²) in [7, 11) is 2.74. The standard InChI is InChI=1S/C17H18N2O6S/c1-4-24-13-8-10(5-6-12(13)25-9-14(20)23-3)7-11-15(21)18-17(26)19(2)16(11)22/h5-8H,4,9H2,1-3H3,(H,18,21,26)/b11-7+. The highest BCUT2D eigenvalue weighted by molar-refractivity contribution is 7.80. The molecule has 1 heterocycles. The highest BCUT2D eigenvalue weighted by Crippen LogP contribution is 2.29. The van der Waals surface area contributed by atoms with Gasteiger partial charge in [-0.1, -0.05) is 6.07 Å². The molecule has 0 saturated carbocycles. The molecule has 0 aromatic heterocycles. The molecular weight excluding hydrogens is 360 g/mol. The van der Waals surface area contributed by atoms with Crippen LogP contribution >= 0.6 is 12.2 Å². The number of amides is 2. The Kier molecular flexibility index (Phi) is 6.29. The van der Waals surface area contributed by atoms with Gasteiger partial charge in [0.15, 0.2) is 23.2 Å². The van der Waals surface area contributed by atoms with Crippen LogP contribution in [0.4, 0.5) is 0 Å². The van der Waals surface area contributed by atoms with Crippen LogP contribution < -0.4 is 14.8 Å². The summed E-state index contributed by atoms with van der Waals surface area (Å²) in [5.41, 5.74) is 0.505. The van der Waals surface area contributed by atoms with Gasteiger partial charge >= 0.3 is 5.97 Å². The van der Waals surface area contributed by atoms with E-state index in [1.54, 1.807) is 25.1 Å². The Morgan fingerprint density at radius 1 is 1.27 bits per heavy atom. The predicted octanol–water partition coefficient (Wildman–Crippen LogP) is 0.894. The number of carbonyl (C=O) groups is 3. The molecule has 26 heavy (non-hydrogen) atoms. The number of esters is 1. The lowest BCUT2D eigenvalue weighted by atomic mass is 10.1. The summed E-state index contributed by atoms with van der Waals surface area (Å²) in [5, 5.41) is 2.50. The molecule has 0 aliphatic carbocycles. The molecule has 0 unspecified atom stereocenters. The van der Waals surface area contributed by atoms with E-state index in [2.05, 4.69) is 10.1 Å². The van der Waals surface area contributed by atoms with Crippen LogP contribution in [0.2, 0.25) is 0 Å². The Morgan fingerprint density at radius 2 is 2.00 bits per heavy atom. The van der Waals surface area contributed by atoms with Crippen LogP contribution in [-0.2, 0) is 19.1 Å². The van der Waals surface area contributed by atoms with Crippen LogP contribution in [0.25, 0.3) is 6.08 Å². The Hall–Kier alpha value is -2.94. The molecule has 1 aliphatic rings. The van der Waals surface area contributed by atoms with E-state index in [0.29, 0.717) is 23.7 Å². The minimum absolute atomic E-state index is 0.0493. The van der Waals surface area contributed by atoms with Crippen LogP contribution in [-0.4, -0.2) is 55.2 Å². The maximum Gasteiger partial charge on any atom is 0.343 e. The van der Waals surface area contributed by atoms with E-state index in [1.807, 2.05) is 0 Å². The smallest absolute Gasteiger partial charge is 0.343 e. The second kappa shape index (κ2) is 8.43. The second-order valence-electron chi connectivity index (χ2n) is 5.19. The lowest BCUT2D eigenvalue weighted by Gasteiger charge is -2.25. The summed E-state index contributed by atoms with van der Waals surface area (Å²) in [4.78, 5) is 36.7. The number of nitrogens with zero attached hydrogens (tertiary/aromatic N) is 1. The zero-order valence-electron chi connectivity index (χ0n) is 14.5. The minimum Gasteiger partial charge on any atom is -0.490 e. The number of nitrogens with one attached hydrogen (secondary N) is 1. The average molecular weight is 378 g/mol. The number of likely N-dealkylation sites (N-methyl/N-ethyl adjacent to an activating group) is 1. The zero-order valence-corrected chi connectivity index (χ0v) is 15.3. The summed E-state index contributed by atoms with van der Waals surface area (Å²) >= 11 is 4.90. The number of methoxy groups -OCH3 is 1. The molecule has 2 amide bonds. The van der Waals surface area contributed by atoms with Crippen LogP contribution in [0.15, 0.2) is 23.8 Å². The molecule has 1 aliphatic heterocycles. The third-order valence-electron chi connectivity index (χ3n) is 3.46. The first-order valence-electron chi connectivity index (χ1n) is 7.68. The molecule has 0 bridgehead atoms. The van der Waals surface area contributed by atoms with Crippen molar-refractivity contribution in [2.45, 2.75) is 6.92 Å². The Balaban J connectivity index is 2.31. The zero-order chi connectivity index (χ0) is 19.3. The minimum atomic E-state index is -0.568. The van der Waals surface area contributed by atoms with Gasteiger partial charge in [-0.3, -0.25) is 19.8 Å². The Bertz CT molecular complexity index is 789. The van der Waals surface area contributed by atoms with Crippen molar-refractivity contribution in [2.24, 2.45) is 0 Å². The van der Waals surface area contributed by atoms with Gasteiger partial charge in [0, 0.05) is 7.05 Å². The molecule has 138 valence electrons. The van der Waals surface area contributed by atoms with Crippen molar-refractivity contribution in [3.8, 4) is 11.5 Å². The van der Waals surface area contributed by atoms with Crippen LogP contribution in [0.5, 0.6) is 11.5 Å². The van der Waals surface area contributed by atoms with Gasteiger partial charge in [0.1, 0.15) is 5.57 Å². The third-order valence-corrected chi connectivity index (χ3v) is 3.83. The van der Waals surface area contributed by atoms with E-state index in [0.717, 1.165) is 0 Å². The molecule has 8 nitrogen and oxygen atoms in total. The monoisotopic (exact) mass is 378 g/mol. The van der Waals surface area contributed by atoms with Crippen molar-refractivity contribution < 1.29 is 28.6 Å². The summed E-state index contributed by atoms with van der Waals surface area (Å²) in [5.74, 6) is -0.873. The molecule has 1 N–H and O–H groups in total. The van der Waals surface area contributed by atoms with Crippen molar-refractivity contribution in [1.29, 1.82) is 0 Å². The molecule has 9 heteroatoms. The van der Waals surface area contributed by atoms with Crippen molar-refractivity contribution in [1.82, 2.24) is 10.2 Å².